The molecule has 11 heteroatoms. The van der Waals surface area contributed by atoms with Gasteiger partial charge in [0.05, 0.1) is 24.6 Å². The Morgan fingerprint density at radius 2 is 2.00 bits per heavy atom. The zero-order valence-electron chi connectivity index (χ0n) is 16.5. The molecule has 1 aliphatic carbocycles. The van der Waals surface area contributed by atoms with Crippen LogP contribution in [0.5, 0.6) is 0 Å². The van der Waals surface area contributed by atoms with E-state index in [4.69, 9.17) is 11.6 Å². The number of amides is 1. The first kappa shape index (κ1) is 20.5. The van der Waals surface area contributed by atoms with Crippen molar-refractivity contribution >= 4 is 28.8 Å². The lowest BCUT2D eigenvalue weighted by Crippen LogP contribution is -2.16. The molecule has 3 aromatic heterocycles. The molecule has 1 aromatic carbocycles. The molecule has 0 spiro atoms. The monoisotopic (exact) mass is 460 g/mol. The maximum atomic E-state index is 13.5. The fraction of sp³-hybridized carbons (Fsp3) is 0.238. The normalized spacial score (nSPS) is 14.1. The molecule has 0 aliphatic heterocycles. The van der Waals surface area contributed by atoms with Crippen LogP contribution in [0.1, 0.15) is 46.1 Å². The number of fused-ring (bicyclic) bond motifs is 1. The van der Waals surface area contributed by atoms with Crippen LogP contribution in [-0.2, 0) is 12.7 Å². The second kappa shape index (κ2) is 7.63. The summed E-state index contributed by atoms with van der Waals surface area (Å²) in [5.74, 6) is -0.632. The molecule has 1 saturated carbocycles. The van der Waals surface area contributed by atoms with Crippen LogP contribution in [0, 0.1) is 0 Å². The average molecular weight is 461 g/mol. The Morgan fingerprint density at radius 3 is 2.72 bits per heavy atom. The Balaban J connectivity index is 1.41. The molecule has 0 atom stereocenters. The van der Waals surface area contributed by atoms with Crippen molar-refractivity contribution in [3.63, 3.8) is 0 Å². The lowest BCUT2D eigenvalue weighted by atomic mass is 10.2. The Hall–Kier alpha value is -3.40. The van der Waals surface area contributed by atoms with Gasteiger partial charge in [-0.3, -0.25) is 9.48 Å². The number of benzene rings is 1. The smallest absolute Gasteiger partial charge is 0.319 e. The van der Waals surface area contributed by atoms with Crippen molar-refractivity contribution in [1.82, 2.24) is 24.4 Å². The number of aromatic nitrogens is 5. The maximum Gasteiger partial charge on any atom is 0.433 e. The molecule has 3 heterocycles. The van der Waals surface area contributed by atoms with E-state index in [1.165, 1.54) is 6.20 Å². The highest BCUT2D eigenvalue weighted by Gasteiger charge is 2.38. The summed E-state index contributed by atoms with van der Waals surface area (Å²) in [6, 6.07) is 8.31. The van der Waals surface area contributed by atoms with Crippen LogP contribution in [0.2, 0.25) is 5.02 Å². The summed E-state index contributed by atoms with van der Waals surface area (Å²) in [7, 11) is 0. The topological polar surface area (TPSA) is 77.1 Å². The van der Waals surface area contributed by atoms with E-state index in [1.807, 2.05) is 18.2 Å². The molecule has 1 aliphatic rings. The minimum Gasteiger partial charge on any atom is -0.319 e. The number of rotatable bonds is 5. The minimum atomic E-state index is -4.62. The second-order valence-corrected chi connectivity index (χ2v) is 8.08. The number of halogens is 4. The predicted molar refractivity (Wildman–Crippen MR) is 111 cm³/mol. The molecule has 1 amide bonds. The van der Waals surface area contributed by atoms with E-state index < -0.39 is 17.8 Å². The molecular formula is C21H16ClF3N6O. The van der Waals surface area contributed by atoms with Crippen LogP contribution in [0.3, 0.4) is 0 Å². The van der Waals surface area contributed by atoms with Gasteiger partial charge in [-0.05, 0) is 36.6 Å². The van der Waals surface area contributed by atoms with Gasteiger partial charge in [-0.2, -0.15) is 23.4 Å². The van der Waals surface area contributed by atoms with Gasteiger partial charge in [-0.25, -0.2) is 9.50 Å². The number of anilines is 1. The molecule has 1 N–H and O–H groups in total. The molecule has 0 unspecified atom stereocenters. The minimum absolute atomic E-state index is 0.0170. The van der Waals surface area contributed by atoms with Crippen molar-refractivity contribution in [3.8, 4) is 0 Å². The first-order valence-electron chi connectivity index (χ1n) is 9.82. The third-order valence-corrected chi connectivity index (χ3v) is 5.38. The third kappa shape index (κ3) is 4.05. The molecule has 0 radical (unpaired) electrons. The Bertz CT molecular complexity index is 1320. The van der Waals surface area contributed by atoms with Crippen LogP contribution in [0.15, 0.2) is 48.9 Å². The predicted octanol–water partition coefficient (Wildman–Crippen LogP) is 4.78. The standard InChI is InChI=1S/C21H16ClF3N6O/c22-14-3-1-2-12(6-14)10-30-11-15(8-26-30)28-20(32)16-9-27-31-18(21(23,24)25)7-17(13-4-5-13)29-19(16)31/h1-3,6-9,11,13H,4-5,10H2,(H,28,32). The van der Waals surface area contributed by atoms with Crippen LogP contribution in [0.4, 0.5) is 18.9 Å². The lowest BCUT2D eigenvalue weighted by Gasteiger charge is -2.11. The van der Waals surface area contributed by atoms with Gasteiger partial charge in [-0.15, -0.1) is 0 Å². The number of hydrogen-bond acceptors (Lipinski definition) is 4. The zero-order chi connectivity index (χ0) is 22.5. The summed E-state index contributed by atoms with van der Waals surface area (Å²) < 4.78 is 42.9. The zero-order valence-corrected chi connectivity index (χ0v) is 17.2. The van der Waals surface area contributed by atoms with E-state index in [-0.39, 0.29) is 17.1 Å². The van der Waals surface area contributed by atoms with Crippen molar-refractivity contribution in [2.45, 2.75) is 31.5 Å². The van der Waals surface area contributed by atoms with Gasteiger partial charge in [-0.1, -0.05) is 23.7 Å². The molecule has 1 fully saturated rings. The highest BCUT2D eigenvalue weighted by molar-refractivity contribution is 6.30. The Kier molecular flexibility index (Phi) is 4.89. The summed E-state index contributed by atoms with van der Waals surface area (Å²) in [5, 5.41) is 11.2. The number of carbonyl (C=O) groups is 1. The van der Waals surface area contributed by atoms with E-state index in [2.05, 4.69) is 20.5 Å². The number of nitrogens with zero attached hydrogens (tertiary/aromatic N) is 5. The lowest BCUT2D eigenvalue weighted by molar-refractivity contribution is -0.142. The molecule has 0 bridgehead atoms. The van der Waals surface area contributed by atoms with Gasteiger partial charge in [0.1, 0.15) is 11.3 Å². The van der Waals surface area contributed by atoms with E-state index in [9.17, 15) is 18.0 Å². The molecule has 4 aromatic rings. The van der Waals surface area contributed by atoms with Crippen LogP contribution in [0.25, 0.3) is 5.65 Å². The number of carbonyl (C=O) groups excluding carboxylic acids is 1. The highest BCUT2D eigenvalue weighted by Crippen LogP contribution is 2.41. The summed E-state index contributed by atoms with van der Waals surface area (Å²) in [6.07, 6.45) is 1.11. The van der Waals surface area contributed by atoms with Crippen molar-refractivity contribution in [2.75, 3.05) is 5.32 Å². The maximum absolute atomic E-state index is 13.5. The second-order valence-electron chi connectivity index (χ2n) is 7.64. The average Bonchev–Trinajstić information content (AvgIpc) is 3.35. The van der Waals surface area contributed by atoms with Crippen LogP contribution < -0.4 is 5.32 Å². The fourth-order valence-electron chi connectivity index (χ4n) is 3.47. The van der Waals surface area contributed by atoms with E-state index >= 15 is 0 Å². The first-order valence-corrected chi connectivity index (χ1v) is 10.2. The SMILES string of the molecule is O=C(Nc1cnn(Cc2cccc(Cl)c2)c1)c1cnn2c(C(F)(F)F)cc(C3CC3)nc12. The molecule has 32 heavy (non-hydrogen) atoms. The first-order chi connectivity index (χ1) is 15.3. The summed E-state index contributed by atoms with van der Waals surface area (Å²) in [4.78, 5) is 17.1. The van der Waals surface area contributed by atoms with Crippen LogP contribution >= 0.6 is 11.6 Å². The van der Waals surface area contributed by atoms with E-state index in [0.717, 1.165) is 30.7 Å². The van der Waals surface area contributed by atoms with E-state index in [1.54, 1.807) is 16.9 Å². The van der Waals surface area contributed by atoms with Crippen molar-refractivity contribution in [1.29, 1.82) is 0 Å². The third-order valence-electron chi connectivity index (χ3n) is 5.15. The van der Waals surface area contributed by atoms with Gasteiger partial charge in [0.15, 0.2) is 5.65 Å². The highest BCUT2D eigenvalue weighted by atomic mass is 35.5. The van der Waals surface area contributed by atoms with Crippen molar-refractivity contribution in [3.05, 3.63) is 76.5 Å². The summed E-state index contributed by atoms with van der Waals surface area (Å²) in [6.45, 7) is 0.439. The number of nitrogens with one attached hydrogen (secondary N) is 1. The molecule has 5 rings (SSSR count). The van der Waals surface area contributed by atoms with Crippen LogP contribution in [-0.4, -0.2) is 30.3 Å². The summed E-state index contributed by atoms with van der Waals surface area (Å²) in [5.41, 5.74) is 0.543. The largest absolute Gasteiger partial charge is 0.433 e. The Labute approximate surface area is 184 Å². The van der Waals surface area contributed by atoms with Gasteiger partial charge in [0.25, 0.3) is 5.91 Å². The van der Waals surface area contributed by atoms with Gasteiger partial charge in [0, 0.05) is 22.8 Å². The molecular weight excluding hydrogens is 445 g/mol. The number of alkyl halides is 3. The molecule has 7 nitrogen and oxygen atoms in total. The summed E-state index contributed by atoms with van der Waals surface area (Å²) >= 11 is 5.99. The van der Waals surface area contributed by atoms with Crippen molar-refractivity contribution in [2.24, 2.45) is 0 Å². The Morgan fingerprint density at radius 1 is 1.19 bits per heavy atom. The fourth-order valence-corrected chi connectivity index (χ4v) is 3.68. The molecule has 0 saturated heterocycles. The quantitative estimate of drug-likeness (QED) is 0.465. The van der Waals surface area contributed by atoms with Crippen molar-refractivity contribution < 1.29 is 18.0 Å². The van der Waals surface area contributed by atoms with Gasteiger partial charge in [0.2, 0.25) is 0 Å². The van der Waals surface area contributed by atoms with Gasteiger partial charge < -0.3 is 5.32 Å². The van der Waals surface area contributed by atoms with E-state index in [0.29, 0.717) is 27.5 Å². The van der Waals surface area contributed by atoms with Gasteiger partial charge >= 0.3 is 6.18 Å². The number of hydrogen-bond donors (Lipinski definition) is 1. The molecule has 164 valence electrons.